The van der Waals surface area contributed by atoms with Gasteiger partial charge in [-0.15, -0.1) is 21.5 Å². The number of nitrogens with zero attached hydrogens (tertiary/aromatic N) is 4. The van der Waals surface area contributed by atoms with Gasteiger partial charge in [0, 0.05) is 22.0 Å². The predicted molar refractivity (Wildman–Crippen MR) is 123 cm³/mol. The lowest BCUT2D eigenvalue weighted by Gasteiger charge is -2.06. The van der Waals surface area contributed by atoms with E-state index in [1.807, 2.05) is 29.6 Å². The minimum atomic E-state index is -0.362. The summed E-state index contributed by atoms with van der Waals surface area (Å²) in [6, 6.07) is 7.73. The molecule has 1 saturated heterocycles. The molecule has 158 valence electrons. The number of hydrogen-bond donors (Lipinski definition) is 1. The zero-order chi connectivity index (χ0) is 21.4. The lowest BCUT2D eigenvalue weighted by atomic mass is 10.1. The first-order chi connectivity index (χ1) is 15.1. The number of thiophene rings is 1. The van der Waals surface area contributed by atoms with Gasteiger partial charge in [0.05, 0.1) is 11.7 Å². The summed E-state index contributed by atoms with van der Waals surface area (Å²) in [5.41, 5.74) is 1.48. The molecule has 1 aromatic carbocycles. The van der Waals surface area contributed by atoms with E-state index in [9.17, 15) is 9.59 Å². The van der Waals surface area contributed by atoms with Crippen molar-refractivity contribution in [2.24, 2.45) is 0 Å². The minimum Gasteiger partial charge on any atom is -0.371 e. The molecule has 1 fully saturated rings. The summed E-state index contributed by atoms with van der Waals surface area (Å²) in [4.78, 5) is 30.7. The predicted octanol–water partition coefficient (Wildman–Crippen LogP) is 4.23. The van der Waals surface area contributed by atoms with Crippen LogP contribution < -0.4 is 10.9 Å². The quantitative estimate of drug-likeness (QED) is 0.425. The van der Waals surface area contributed by atoms with Crippen molar-refractivity contribution in [1.82, 2.24) is 19.7 Å². The average molecular weight is 518 g/mol. The number of anilines is 1. The summed E-state index contributed by atoms with van der Waals surface area (Å²) in [5.74, 6) is -0.362. The van der Waals surface area contributed by atoms with Crippen LogP contribution in [0.3, 0.4) is 0 Å². The van der Waals surface area contributed by atoms with Gasteiger partial charge in [-0.05, 0) is 30.5 Å². The third kappa shape index (κ3) is 4.18. The Morgan fingerprint density at radius 2 is 2.13 bits per heavy atom. The van der Waals surface area contributed by atoms with Crippen molar-refractivity contribution in [1.29, 1.82) is 0 Å². The summed E-state index contributed by atoms with van der Waals surface area (Å²) >= 11 is 6.12. The number of benzene rings is 1. The number of ether oxygens (including phenoxy) is 1. The third-order valence-corrected chi connectivity index (χ3v) is 7.27. The molecule has 1 N–H and O–H groups in total. The molecule has 0 spiro atoms. The Bertz CT molecular complexity index is 1310. The largest absolute Gasteiger partial charge is 0.371 e. The van der Waals surface area contributed by atoms with E-state index in [4.69, 9.17) is 4.74 Å². The maximum absolute atomic E-state index is 13.1. The van der Waals surface area contributed by atoms with Crippen LogP contribution in [0.4, 0.5) is 5.13 Å². The van der Waals surface area contributed by atoms with E-state index in [1.54, 1.807) is 0 Å². The van der Waals surface area contributed by atoms with Crippen molar-refractivity contribution >= 4 is 59.9 Å². The second kappa shape index (κ2) is 8.58. The number of carbonyl (C=O) groups excluding carboxylic acids is 1. The van der Waals surface area contributed by atoms with Crippen molar-refractivity contribution in [3.8, 4) is 11.1 Å². The Morgan fingerprint density at radius 3 is 2.90 bits per heavy atom. The Balaban J connectivity index is 1.37. The van der Waals surface area contributed by atoms with Gasteiger partial charge in [-0.3, -0.25) is 19.5 Å². The zero-order valence-corrected chi connectivity index (χ0v) is 19.3. The van der Waals surface area contributed by atoms with Gasteiger partial charge in [0.25, 0.3) is 5.56 Å². The van der Waals surface area contributed by atoms with Crippen molar-refractivity contribution in [2.75, 3.05) is 11.9 Å². The molecule has 0 saturated carbocycles. The first-order valence-electron chi connectivity index (χ1n) is 9.56. The first-order valence-corrected chi connectivity index (χ1v) is 12.0. The smallest absolute Gasteiger partial charge is 0.263 e. The highest BCUT2D eigenvalue weighted by molar-refractivity contribution is 9.10. The summed E-state index contributed by atoms with van der Waals surface area (Å²) in [6.07, 6.45) is 3.26. The SMILES string of the molecule is O=C(Cn1cnc2scc(-c3ccc(Br)cc3)c2c1=O)Nc1nnc(C2CCCO2)s1. The molecule has 8 nitrogen and oxygen atoms in total. The second-order valence-electron chi connectivity index (χ2n) is 7.01. The van der Waals surface area contributed by atoms with Gasteiger partial charge in [0.1, 0.15) is 22.5 Å². The Kier molecular flexibility index (Phi) is 5.65. The van der Waals surface area contributed by atoms with Gasteiger partial charge in [0.2, 0.25) is 11.0 Å². The molecule has 31 heavy (non-hydrogen) atoms. The van der Waals surface area contributed by atoms with E-state index >= 15 is 0 Å². The van der Waals surface area contributed by atoms with E-state index in [0.29, 0.717) is 15.3 Å². The topological polar surface area (TPSA) is 99.0 Å². The molecule has 0 bridgehead atoms. The van der Waals surface area contributed by atoms with Crippen LogP contribution >= 0.6 is 38.6 Å². The molecule has 1 amide bonds. The van der Waals surface area contributed by atoms with Crippen LogP contribution in [0, 0.1) is 0 Å². The number of amides is 1. The number of rotatable bonds is 5. The van der Waals surface area contributed by atoms with E-state index in [1.165, 1.54) is 33.6 Å². The molecule has 1 aliphatic heterocycles. The fraction of sp³-hybridized carbons (Fsp3) is 0.250. The molecule has 0 aliphatic carbocycles. The van der Waals surface area contributed by atoms with Crippen molar-refractivity contribution in [3.05, 3.63) is 55.8 Å². The van der Waals surface area contributed by atoms with Gasteiger partial charge in [0.15, 0.2) is 0 Å². The van der Waals surface area contributed by atoms with Crippen molar-refractivity contribution in [2.45, 2.75) is 25.5 Å². The molecule has 4 aromatic rings. The number of fused-ring (bicyclic) bond motifs is 1. The number of hydrogen-bond acceptors (Lipinski definition) is 8. The summed E-state index contributed by atoms with van der Waals surface area (Å²) < 4.78 is 7.87. The number of nitrogens with one attached hydrogen (secondary N) is 1. The van der Waals surface area contributed by atoms with Gasteiger partial charge < -0.3 is 4.74 Å². The number of halogens is 1. The van der Waals surface area contributed by atoms with Gasteiger partial charge >= 0.3 is 0 Å². The minimum absolute atomic E-state index is 0.0481. The van der Waals surface area contributed by atoms with Crippen LogP contribution in [0.2, 0.25) is 0 Å². The zero-order valence-electron chi connectivity index (χ0n) is 16.1. The van der Waals surface area contributed by atoms with Crippen LogP contribution in [0.15, 0.2) is 45.2 Å². The van der Waals surface area contributed by atoms with E-state index in [2.05, 4.69) is 36.4 Å². The van der Waals surface area contributed by atoms with Crippen molar-refractivity contribution < 1.29 is 9.53 Å². The summed E-state index contributed by atoms with van der Waals surface area (Å²) in [7, 11) is 0. The lowest BCUT2D eigenvalue weighted by Crippen LogP contribution is -2.27. The monoisotopic (exact) mass is 517 g/mol. The molecular formula is C20H16BrN5O3S2. The van der Waals surface area contributed by atoms with Gasteiger partial charge in [-0.2, -0.15) is 0 Å². The maximum atomic E-state index is 13.1. The highest BCUT2D eigenvalue weighted by Gasteiger charge is 2.22. The van der Waals surface area contributed by atoms with Crippen LogP contribution in [-0.2, 0) is 16.1 Å². The number of carbonyl (C=O) groups is 1. The molecule has 0 radical (unpaired) electrons. The van der Waals surface area contributed by atoms with Crippen LogP contribution in [-0.4, -0.2) is 32.3 Å². The Labute approximate surface area is 193 Å². The molecule has 1 atom stereocenters. The van der Waals surface area contributed by atoms with Crippen LogP contribution in [0.5, 0.6) is 0 Å². The van der Waals surface area contributed by atoms with Gasteiger partial charge in [-0.25, -0.2) is 4.98 Å². The molecule has 5 rings (SSSR count). The highest BCUT2D eigenvalue weighted by Crippen LogP contribution is 2.32. The van der Waals surface area contributed by atoms with Gasteiger partial charge in [-0.1, -0.05) is 39.4 Å². The molecule has 1 unspecified atom stereocenters. The lowest BCUT2D eigenvalue weighted by molar-refractivity contribution is -0.116. The molecule has 1 aliphatic rings. The standard InChI is InChI=1S/C20H16BrN5O3S2/c21-12-5-3-11(4-6-12)13-9-30-18-16(13)19(28)26(10-22-18)8-15(27)23-20-25-24-17(31-20)14-2-1-7-29-14/h3-6,9-10,14H,1-2,7-8H2,(H,23,25,27). The molecule has 3 aromatic heterocycles. The molecule has 4 heterocycles. The average Bonchev–Trinajstić information content (AvgIpc) is 3.51. The van der Waals surface area contributed by atoms with Crippen molar-refractivity contribution in [3.63, 3.8) is 0 Å². The Hall–Kier alpha value is -2.47. The fourth-order valence-corrected chi connectivity index (χ4v) is 5.44. The van der Waals surface area contributed by atoms with E-state index < -0.39 is 0 Å². The van der Waals surface area contributed by atoms with E-state index in [0.717, 1.165) is 40.1 Å². The summed E-state index contributed by atoms with van der Waals surface area (Å²) in [6.45, 7) is 0.557. The Morgan fingerprint density at radius 1 is 1.29 bits per heavy atom. The second-order valence-corrected chi connectivity index (χ2v) is 9.79. The van der Waals surface area contributed by atoms with E-state index in [-0.39, 0.29) is 24.1 Å². The fourth-order valence-electron chi connectivity index (χ4n) is 3.42. The number of aromatic nitrogens is 4. The normalized spacial score (nSPS) is 16.1. The molecular weight excluding hydrogens is 502 g/mol. The maximum Gasteiger partial charge on any atom is 0.263 e. The third-order valence-electron chi connectivity index (χ3n) is 4.92. The van der Waals surface area contributed by atoms with Crippen LogP contribution in [0.1, 0.15) is 24.0 Å². The van der Waals surface area contributed by atoms with Crippen LogP contribution in [0.25, 0.3) is 21.3 Å². The summed E-state index contributed by atoms with van der Waals surface area (Å²) in [5, 5.41) is 14.4. The first kappa shape index (κ1) is 20.4. The highest BCUT2D eigenvalue weighted by atomic mass is 79.9. The molecule has 11 heteroatoms.